The summed E-state index contributed by atoms with van der Waals surface area (Å²) in [5.41, 5.74) is 5.28. The van der Waals surface area contributed by atoms with Crippen LogP contribution in [-0.4, -0.2) is 14.9 Å². The van der Waals surface area contributed by atoms with Gasteiger partial charge in [0.2, 0.25) is 11.6 Å². The lowest BCUT2D eigenvalue weighted by atomic mass is 10.3. The van der Waals surface area contributed by atoms with Gasteiger partial charge in [-0.05, 0) is 6.07 Å². The number of nitrogens with zero attached hydrogens (tertiary/aromatic N) is 3. The van der Waals surface area contributed by atoms with Crippen LogP contribution < -0.4 is 10.5 Å². The van der Waals surface area contributed by atoms with Crippen LogP contribution in [0.2, 0.25) is 0 Å². The average Bonchev–Trinajstić information content (AvgIpc) is 2.29. The second kappa shape index (κ2) is 4.44. The molecule has 7 heteroatoms. The van der Waals surface area contributed by atoms with E-state index in [1.54, 1.807) is 12.1 Å². The molecular formula is C10H8N4O3. The standard InChI is InChI=1S/C10H8N4O3/c11-9-5-12-6-10(13-9)17-8-4-2-1-3-7(8)14(15)16/h1-6H,(H2,11,13). The van der Waals surface area contributed by atoms with Gasteiger partial charge in [0.05, 0.1) is 17.3 Å². The van der Waals surface area contributed by atoms with Crippen molar-refractivity contribution in [2.75, 3.05) is 5.73 Å². The second-order valence-electron chi connectivity index (χ2n) is 3.11. The Morgan fingerprint density at radius 3 is 2.76 bits per heavy atom. The van der Waals surface area contributed by atoms with Crippen LogP contribution in [0.25, 0.3) is 0 Å². The van der Waals surface area contributed by atoms with Gasteiger partial charge in [-0.1, -0.05) is 12.1 Å². The predicted molar refractivity (Wildman–Crippen MR) is 59.6 cm³/mol. The van der Waals surface area contributed by atoms with Crippen LogP contribution >= 0.6 is 0 Å². The number of nitrogens with two attached hydrogens (primary N) is 1. The Kier molecular flexibility index (Phi) is 2.82. The van der Waals surface area contributed by atoms with E-state index in [9.17, 15) is 10.1 Å². The summed E-state index contributed by atoms with van der Waals surface area (Å²) < 4.78 is 5.26. The number of hydrogen-bond acceptors (Lipinski definition) is 6. The monoisotopic (exact) mass is 232 g/mol. The third kappa shape index (κ3) is 2.46. The van der Waals surface area contributed by atoms with Crippen molar-refractivity contribution in [1.82, 2.24) is 9.97 Å². The number of hydrogen-bond donors (Lipinski definition) is 1. The lowest BCUT2D eigenvalue weighted by molar-refractivity contribution is -0.385. The molecule has 0 spiro atoms. The summed E-state index contributed by atoms with van der Waals surface area (Å²) in [6.45, 7) is 0. The largest absolute Gasteiger partial charge is 0.430 e. The van der Waals surface area contributed by atoms with E-state index in [0.717, 1.165) is 0 Å². The minimum Gasteiger partial charge on any atom is -0.430 e. The number of anilines is 1. The fraction of sp³-hybridized carbons (Fsp3) is 0. The van der Waals surface area contributed by atoms with Crippen molar-refractivity contribution >= 4 is 11.5 Å². The first-order chi connectivity index (χ1) is 8.16. The molecule has 0 radical (unpaired) electrons. The molecule has 0 atom stereocenters. The van der Waals surface area contributed by atoms with E-state index in [-0.39, 0.29) is 23.1 Å². The molecule has 0 amide bonds. The van der Waals surface area contributed by atoms with E-state index in [0.29, 0.717) is 0 Å². The number of rotatable bonds is 3. The first-order valence-corrected chi connectivity index (χ1v) is 4.65. The van der Waals surface area contributed by atoms with Gasteiger partial charge in [0, 0.05) is 6.07 Å². The number of nitro groups is 1. The first kappa shape index (κ1) is 10.8. The predicted octanol–water partition coefficient (Wildman–Crippen LogP) is 1.76. The molecule has 1 aromatic heterocycles. The van der Waals surface area contributed by atoms with Gasteiger partial charge >= 0.3 is 5.69 Å². The SMILES string of the molecule is Nc1cncc(Oc2ccccc2[N+](=O)[O-])n1. The van der Waals surface area contributed by atoms with Gasteiger partial charge in [0.15, 0.2) is 0 Å². The minimum atomic E-state index is -0.533. The molecule has 0 saturated heterocycles. The van der Waals surface area contributed by atoms with E-state index >= 15 is 0 Å². The van der Waals surface area contributed by atoms with E-state index in [1.165, 1.54) is 24.5 Å². The third-order valence-electron chi connectivity index (χ3n) is 1.91. The van der Waals surface area contributed by atoms with Gasteiger partial charge in [0.1, 0.15) is 5.82 Å². The summed E-state index contributed by atoms with van der Waals surface area (Å²) in [5, 5.41) is 10.7. The average molecular weight is 232 g/mol. The molecule has 0 aliphatic heterocycles. The van der Waals surface area contributed by atoms with E-state index in [1.807, 2.05) is 0 Å². The van der Waals surface area contributed by atoms with Crippen LogP contribution in [0.4, 0.5) is 11.5 Å². The number of aromatic nitrogens is 2. The summed E-state index contributed by atoms with van der Waals surface area (Å²) in [6, 6.07) is 6.00. The van der Waals surface area contributed by atoms with Crippen molar-refractivity contribution in [3.05, 3.63) is 46.8 Å². The summed E-state index contributed by atoms with van der Waals surface area (Å²) in [6.07, 6.45) is 2.68. The smallest absolute Gasteiger partial charge is 0.311 e. The topological polar surface area (TPSA) is 104 Å². The zero-order chi connectivity index (χ0) is 12.3. The minimum absolute atomic E-state index is 0.0948. The maximum Gasteiger partial charge on any atom is 0.311 e. The quantitative estimate of drug-likeness (QED) is 0.638. The molecule has 0 aliphatic rings. The Morgan fingerprint density at radius 1 is 1.29 bits per heavy atom. The first-order valence-electron chi connectivity index (χ1n) is 4.65. The van der Waals surface area contributed by atoms with Crippen molar-refractivity contribution in [2.45, 2.75) is 0 Å². The zero-order valence-corrected chi connectivity index (χ0v) is 8.61. The molecule has 2 N–H and O–H groups in total. The number of nitrogen functional groups attached to an aromatic ring is 1. The molecule has 1 heterocycles. The van der Waals surface area contributed by atoms with Crippen molar-refractivity contribution in [2.24, 2.45) is 0 Å². The van der Waals surface area contributed by atoms with E-state index in [2.05, 4.69) is 9.97 Å². The Bertz CT molecular complexity index is 559. The molecule has 2 aromatic rings. The van der Waals surface area contributed by atoms with E-state index in [4.69, 9.17) is 10.5 Å². The molecular weight excluding hydrogens is 224 g/mol. The Labute approximate surface area is 96.0 Å². The fourth-order valence-corrected chi connectivity index (χ4v) is 1.22. The zero-order valence-electron chi connectivity index (χ0n) is 8.61. The van der Waals surface area contributed by atoms with Gasteiger partial charge in [-0.15, -0.1) is 0 Å². The van der Waals surface area contributed by atoms with Crippen LogP contribution in [0.5, 0.6) is 11.6 Å². The molecule has 0 bridgehead atoms. The summed E-state index contributed by atoms with van der Waals surface area (Å²) in [5.74, 6) is 0.387. The van der Waals surface area contributed by atoms with Crippen LogP contribution in [0.3, 0.4) is 0 Å². The lowest BCUT2D eigenvalue weighted by Gasteiger charge is -2.04. The third-order valence-corrected chi connectivity index (χ3v) is 1.91. The fourth-order valence-electron chi connectivity index (χ4n) is 1.22. The van der Waals surface area contributed by atoms with Crippen molar-refractivity contribution < 1.29 is 9.66 Å². The molecule has 7 nitrogen and oxygen atoms in total. The van der Waals surface area contributed by atoms with Crippen molar-refractivity contribution in [1.29, 1.82) is 0 Å². The Morgan fingerprint density at radius 2 is 2.06 bits per heavy atom. The normalized spacial score (nSPS) is 9.88. The maximum atomic E-state index is 10.7. The molecule has 0 fully saturated rings. The molecule has 2 rings (SSSR count). The highest BCUT2D eigenvalue weighted by Gasteiger charge is 2.14. The number of ether oxygens (including phenoxy) is 1. The van der Waals surface area contributed by atoms with Crippen LogP contribution in [0, 0.1) is 10.1 Å². The highest BCUT2D eigenvalue weighted by molar-refractivity contribution is 5.47. The molecule has 0 aliphatic carbocycles. The number of nitro benzene ring substituents is 1. The van der Waals surface area contributed by atoms with Gasteiger partial charge in [-0.2, -0.15) is 4.98 Å². The van der Waals surface area contributed by atoms with Crippen LogP contribution in [0.15, 0.2) is 36.7 Å². The van der Waals surface area contributed by atoms with Crippen LogP contribution in [-0.2, 0) is 0 Å². The van der Waals surface area contributed by atoms with Crippen molar-refractivity contribution in [3.8, 4) is 11.6 Å². The molecule has 17 heavy (non-hydrogen) atoms. The number of para-hydroxylation sites is 2. The summed E-state index contributed by atoms with van der Waals surface area (Å²) in [7, 11) is 0. The molecule has 86 valence electrons. The second-order valence-corrected chi connectivity index (χ2v) is 3.11. The summed E-state index contributed by atoms with van der Waals surface area (Å²) >= 11 is 0. The highest BCUT2D eigenvalue weighted by Crippen LogP contribution is 2.29. The maximum absolute atomic E-state index is 10.7. The molecule has 1 aromatic carbocycles. The van der Waals surface area contributed by atoms with Crippen LogP contribution in [0.1, 0.15) is 0 Å². The Hall–Kier alpha value is -2.70. The van der Waals surface area contributed by atoms with Gasteiger partial charge in [-0.3, -0.25) is 15.1 Å². The lowest BCUT2D eigenvalue weighted by Crippen LogP contribution is -1.97. The molecule has 0 unspecified atom stereocenters. The van der Waals surface area contributed by atoms with Gasteiger partial charge < -0.3 is 10.5 Å². The molecule has 0 saturated carbocycles. The van der Waals surface area contributed by atoms with E-state index < -0.39 is 4.92 Å². The van der Waals surface area contributed by atoms with Gasteiger partial charge in [0.25, 0.3) is 0 Å². The highest BCUT2D eigenvalue weighted by atomic mass is 16.6. The van der Waals surface area contributed by atoms with Crippen molar-refractivity contribution in [3.63, 3.8) is 0 Å². The number of benzene rings is 1. The Balaban J connectivity index is 2.33. The van der Waals surface area contributed by atoms with Gasteiger partial charge in [-0.25, -0.2) is 0 Å². The summed E-state index contributed by atoms with van der Waals surface area (Å²) in [4.78, 5) is 17.8.